The van der Waals surface area contributed by atoms with Crippen molar-refractivity contribution in [3.05, 3.63) is 22.9 Å². The molecule has 1 aromatic rings. The zero-order valence-corrected chi connectivity index (χ0v) is 9.74. The summed E-state index contributed by atoms with van der Waals surface area (Å²) in [6.45, 7) is 4.04. The van der Waals surface area contributed by atoms with Gasteiger partial charge in [-0.1, -0.05) is 0 Å². The van der Waals surface area contributed by atoms with Crippen molar-refractivity contribution in [3.8, 4) is 6.07 Å². The molecule has 16 heavy (non-hydrogen) atoms. The lowest BCUT2D eigenvalue weighted by Gasteiger charge is -2.28. The maximum Gasteiger partial charge on any atom is 0.143 e. The molecule has 1 aliphatic rings. The highest BCUT2D eigenvalue weighted by Gasteiger charge is 2.24. The van der Waals surface area contributed by atoms with Crippen LogP contribution in [-0.4, -0.2) is 18.1 Å². The van der Waals surface area contributed by atoms with Gasteiger partial charge < -0.3 is 10.1 Å². The van der Waals surface area contributed by atoms with Crippen molar-refractivity contribution in [2.24, 2.45) is 0 Å². The molecule has 1 N–H and O–H groups in total. The zero-order valence-electron chi connectivity index (χ0n) is 9.74. The van der Waals surface area contributed by atoms with Crippen LogP contribution >= 0.6 is 0 Å². The Morgan fingerprint density at radius 1 is 1.56 bits per heavy atom. The Morgan fingerprint density at radius 3 is 2.94 bits per heavy atom. The third kappa shape index (κ3) is 1.74. The van der Waals surface area contributed by atoms with Gasteiger partial charge in [0, 0.05) is 19.0 Å². The van der Waals surface area contributed by atoms with Gasteiger partial charge in [0.2, 0.25) is 0 Å². The standard InChI is InChI=1S/C12H15N3O/c1-7-4-11-10(8(2)16-7)5-9(6-13)12(14-3)15-11/h5,7-8H,4H2,1-3H3,(H,14,15). The molecule has 2 atom stereocenters. The van der Waals surface area contributed by atoms with Crippen LogP contribution in [0.5, 0.6) is 0 Å². The Kier molecular flexibility index (Phi) is 2.80. The number of hydrogen-bond acceptors (Lipinski definition) is 4. The van der Waals surface area contributed by atoms with Crippen LogP contribution < -0.4 is 5.32 Å². The Bertz CT molecular complexity index is 450. The first-order valence-electron chi connectivity index (χ1n) is 5.42. The van der Waals surface area contributed by atoms with Gasteiger partial charge in [-0.3, -0.25) is 0 Å². The molecule has 4 heteroatoms. The number of pyridine rings is 1. The van der Waals surface area contributed by atoms with E-state index in [1.807, 2.05) is 19.9 Å². The van der Waals surface area contributed by atoms with Gasteiger partial charge in [0.25, 0.3) is 0 Å². The molecule has 2 unspecified atom stereocenters. The van der Waals surface area contributed by atoms with Crippen LogP contribution in [0, 0.1) is 11.3 Å². The summed E-state index contributed by atoms with van der Waals surface area (Å²) in [5, 5.41) is 12.0. The number of aromatic nitrogens is 1. The van der Waals surface area contributed by atoms with Gasteiger partial charge >= 0.3 is 0 Å². The third-order valence-electron chi connectivity index (χ3n) is 2.85. The van der Waals surface area contributed by atoms with Crippen molar-refractivity contribution >= 4 is 5.82 Å². The maximum absolute atomic E-state index is 9.02. The second-order valence-corrected chi connectivity index (χ2v) is 4.08. The fraction of sp³-hybridized carbons (Fsp3) is 0.500. The molecule has 0 saturated carbocycles. The van der Waals surface area contributed by atoms with Gasteiger partial charge in [0.15, 0.2) is 0 Å². The molecule has 84 valence electrons. The highest BCUT2D eigenvalue weighted by Crippen LogP contribution is 2.31. The van der Waals surface area contributed by atoms with E-state index in [4.69, 9.17) is 10.00 Å². The molecule has 0 aromatic carbocycles. The zero-order chi connectivity index (χ0) is 11.7. The van der Waals surface area contributed by atoms with Crippen molar-refractivity contribution in [1.29, 1.82) is 5.26 Å². The van der Waals surface area contributed by atoms with E-state index >= 15 is 0 Å². The number of nitriles is 1. The molecule has 0 amide bonds. The summed E-state index contributed by atoms with van der Waals surface area (Å²) < 4.78 is 5.72. The molecule has 0 bridgehead atoms. The lowest BCUT2D eigenvalue weighted by Crippen LogP contribution is -2.23. The van der Waals surface area contributed by atoms with Gasteiger partial charge in [-0.05, 0) is 19.9 Å². The number of ether oxygens (including phenoxy) is 1. The molecule has 2 rings (SSSR count). The van der Waals surface area contributed by atoms with E-state index in [0.717, 1.165) is 17.7 Å². The number of rotatable bonds is 1. The molecule has 2 heterocycles. The molecular formula is C12H15N3O. The van der Waals surface area contributed by atoms with E-state index in [9.17, 15) is 0 Å². The van der Waals surface area contributed by atoms with Gasteiger partial charge in [0.1, 0.15) is 11.9 Å². The van der Waals surface area contributed by atoms with E-state index < -0.39 is 0 Å². The smallest absolute Gasteiger partial charge is 0.143 e. The predicted molar refractivity (Wildman–Crippen MR) is 61.2 cm³/mol. The van der Waals surface area contributed by atoms with Gasteiger partial charge in [-0.15, -0.1) is 0 Å². The minimum atomic E-state index is 0.0178. The lowest BCUT2D eigenvalue weighted by molar-refractivity contribution is -0.00589. The Balaban J connectivity index is 2.53. The average molecular weight is 217 g/mol. The first kappa shape index (κ1) is 10.9. The van der Waals surface area contributed by atoms with E-state index in [1.165, 1.54) is 0 Å². The Morgan fingerprint density at radius 2 is 2.31 bits per heavy atom. The molecule has 1 aromatic heterocycles. The van der Waals surface area contributed by atoms with Crippen LogP contribution in [-0.2, 0) is 11.2 Å². The van der Waals surface area contributed by atoms with Gasteiger partial charge in [-0.2, -0.15) is 5.26 Å². The van der Waals surface area contributed by atoms with E-state index in [2.05, 4.69) is 16.4 Å². The molecule has 0 spiro atoms. The largest absolute Gasteiger partial charge is 0.372 e. The topological polar surface area (TPSA) is 57.9 Å². The van der Waals surface area contributed by atoms with Crippen LogP contribution in [0.3, 0.4) is 0 Å². The normalized spacial score (nSPS) is 23.4. The lowest BCUT2D eigenvalue weighted by atomic mass is 9.99. The first-order valence-corrected chi connectivity index (χ1v) is 5.42. The van der Waals surface area contributed by atoms with Gasteiger partial charge in [-0.25, -0.2) is 4.98 Å². The van der Waals surface area contributed by atoms with Crippen LogP contribution in [0.15, 0.2) is 6.07 Å². The second-order valence-electron chi connectivity index (χ2n) is 4.08. The molecule has 0 saturated heterocycles. The predicted octanol–water partition coefficient (Wildman–Crippen LogP) is 2.02. The molecule has 4 nitrogen and oxygen atoms in total. The quantitative estimate of drug-likeness (QED) is 0.781. The van der Waals surface area contributed by atoms with Crippen molar-refractivity contribution < 1.29 is 4.74 Å². The number of hydrogen-bond donors (Lipinski definition) is 1. The number of fused-ring (bicyclic) bond motifs is 1. The highest BCUT2D eigenvalue weighted by molar-refractivity contribution is 5.54. The second kappa shape index (κ2) is 4.11. The van der Waals surface area contributed by atoms with Crippen molar-refractivity contribution in [2.75, 3.05) is 12.4 Å². The van der Waals surface area contributed by atoms with Crippen LogP contribution in [0.4, 0.5) is 5.82 Å². The van der Waals surface area contributed by atoms with E-state index in [0.29, 0.717) is 11.4 Å². The van der Waals surface area contributed by atoms with Crippen molar-refractivity contribution in [2.45, 2.75) is 32.5 Å². The Labute approximate surface area is 95.3 Å². The molecular weight excluding hydrogens is 202 g/mol. The van der Waals surface area contributed by atoms with Crippen LogP contribution in [0.2, 0.25) is 0 Å². The molecule has 0 aliphatic carbocycles. The molecule has 0 radical (unpaired) electrons. The fourth-order valence-electron chi connectivity index (χ4n) is 2.10. The fourth-order valence-corrected chi connectivity index (χ4v) is 2.10. The summed E-state index contributed by atoms with van der Waals surface area (Å²) in [6, 6.07) is 4.03. The summed E-state index contributed by atoms with van der Waals surface area (Å²) in [5.41, 5.74) is 2.65. The number of anilines is 1. The minimum Gasteiger partial charge on any atom is -0.372 e. The highest BCUT2D eigenvalue weighted by atomic mass is 16.5. The monoisotopic (exact) mass is 217 g/mol. The summed E-state index contributed by atoms with van der Waals surface area (Å²) in [5.74, 6) is 0.655. The SMILES string of the molecule is CNc1nc2c(cc1C#N)C(C)OC(C)C2. The van der Waals surface area contributed by atoms with Crippen molar-refractivity contribution in [3.63, 3.8) is 0 Å². The number of nitrogens with one attached hydrogen (secondary N) is 1. The minimum absolute atomic E-state index is 0.0178. The van der Waals surface area contributed by atoms with Crippen LogP contribution in [0.25, 0.3) is 0 Å². The van der Waals surface area contributed by atoms with E-state index in [1.54, 1.807) is 7.05 Å². The summed E-state index contributed by atoms with van der Waals surface area (Å²) in [6.07, 6.45) is 1.01. The maximum atomic E-state index is 9.02. The number of nitrogens with zero attached hydrogens (tertiary/aromatic N) is 2. The Hall–Kier alpha value is -1.60. The molecule has 1 aliphatic heterocycles. The van der Waals surface area contributed by atoms with Crippen LogP contribution in [0.1, 0.15) is 36.8 Å². The molecule has 0 fully saturated rings. The average Bonchev–Trinajstić information content (AvgIpc) is 2.27. The third-order valence-corrected chi connectivity index (χ3v) is 2.85. The summed E-state index contributed by atoms with van der Waals surface area (Å²) in [7, 11) is 1.78. The van der Waals surface area contributed by atoms with Gasteiger partial charge in [0.05, 0.1) is 23.5 Å². The summed E-state index contributed by atoms with van der Waals surface area (Å²) >= 11 is 0. The first-order chi connectivity index (χ1) is 7.65. The van der Waals surface area contributed by atoms with Crippen molar-refractivity contribution in [1.82, 2.24) is 4.98 Å². The van der Waals surface area contributed by atoms with E-state index in [-0.39, 0.29) is 12.2 Å². The summed E-state index contributed by atoms with van der Waals surface area (Å²) in [4.78, 5) is 4.49.